The quantitative estimate of drug-likeness (QED) is 0.171. The Morgan fingerprint density at radius 3 is 2.26 bits per heavy atom. The molecule has 0 aliphatic rings. The molecule has 0 saturated carbocycles. The maximum absolute atomic E-state index is 4.94. The third-order valence-corrected chi connectivity index (χ3v) is 7.78. The van der Waals surface area contributed by atoms with Gasteiger partial charge in [0, 0.05) is 18.8 Å². The molecule has 0 N–H and O–H groups in total. The molecule has 8 rings (SSSR count). The first-order valence-electron chi connectivity index (χ1n) is 13.7. The molecular formula is C37H24N4Pt. The zero-order chi connectivity index (χ0) is 27.3. The molecule has 0 fully saturated rings. The number of aryl methyl sites for hydroxylation is 1. The number of fused-ring (bicyclic) bond motifs is 4. The van der Waals surface area contributed by atoms with Gasteiger partial charge in [-0.05, 0) is 57.7 Å². The van der Waals surface area contributed by atoms with E-state index >= 15 is 0 Å². The van der Waals surface area contributed by atoms with Crippen LogP contribution >= 0.6 is 0 Å². The van der Waals surface area contributed by atoms with Gasteiger partial charge in [0.05, 0.1) is 16.9 Å². The van der Waals surface area contributed by atoms with Crippen molar-refractivity contribution in [3.8, 4) is 39.5 Å². The average molecular weight is 720 g/mol. The topological polar surface area (TPSA) is 35.6 Å². The third kappa shape index (κ3) is 4.27. The van der Waals surface area contributed by atoms with Crippen LogP contribution in [0.3, 0.4) is 0 Å². The smallest absolute Gasteiger partial charge is 0.367 e. The van der Waals surface area contributed by atoms with Crippen LogP contribution in [-0.2, 0) is 28.1 Å². The van der Waals surface area contributed by atoms with Gasteiger partial charge >= 0.3 is 21.1 Å². The fourth-order valence-electron chi connectivity index (χ4n) is 5.78. The van der Waals surface area contributed by atoms with Crippen LogP contribution in [0.2, 0.25) is 0 Å². The van der Waals surface area contributed by atoms with E-state index in [2.05, 4.69) is 125 Å². The first-order chi connectivity index (χ1) is 20.2. The fraction of sp³-hybridized carbons (Fsp3) is 0.0270. The molecule has 0 aliphatic heterocycles. The summed E-state index contributed by atoms with van der Waals surface area (Å²) in [6.07, 6.45) is 1.87. The first kappa shape index (κ1) is 26.1. The van der Waals surface area contributed by atoms with E-state index in [4.69, 9.17) is 9.97 Å². The van der Waals surface area contributed by atoms with Gasteiger partial charge < -0.3 is 14.1 Å². The average Bonchev–Trinajstić information content (AvgIpc) is 3.56. The minimum atomic E-state index is 0. The Kier molecular flexibility index (Phi) is 6.57. The molecule has 0 bridgehead atoms. The van der Waals surface area contributed by atoms with Gasteiger partial charge in [0.25, 0.3) is 0 Å². The number of rotatable bonds is 4. The van der Waals surface area contributed by atoms with Gasteiger partial charge in [-0.15, -0.1) is 53.6 Å². The molecule has 202 valence electrons. The molecule has 3 heterocycles. The number of para-hydroxylation sites is 3. The largest absolute Gasteiger partial charge is 2.00 e. The summed E-state index contributed by atoms with van der Waals surface area (Å²) in [5.41, 5.74) is 10.2. The molecule has 5 heteroatoms. The van der Waals surface area contributed by atoms with Crippen molar-refractivity contribution in [3.63, 3.8) is 0 Å². The summed E-state index contributed by atoms with van der Waals surface area (Å²) in [6.45, 7) is 0. The summed E-state index contributed by atoms with van der Waals surface area (Å²) in [5.74, 6) is 0.893. The molecule has 0 atom stereocenters. The molecule has 0 saturated heterocycles. The number of imidazole rings is 1. The van der Waals surface area contributed by atoms with Crippen molar-refractivity contribution in [1.82, 2.24) is 19.1 Å². The maximum Gasteiger partial charge on any atom is 2.00 e. The molecule has 8 aromatic rings. The zero-order valence-corrected chi connectivity index (χ0v) is 25.0. The minimum absolute atomic E-state index is 0. The van der Waals surface area contributed by atoms with Crippen molar-refractivity contribution in [3.05, 3.63) is 140 Å². The van der Waals surface area contributed by atoms with Gasteiger partial charge in [0.1, 0.15) is 0 Å². The van der Waals surface area contributed by atoms with Gasteiger partial charge in [0.2, 0.25) is 0 Å². The van der Waals surface area contributed by atoms with Gasteiger partial charge in [-0.25, -0.2) is 0 Å². The van der Waals surface area contributed by atoms with E-state index < -0.39 is 0 Å². The Morgan fingerprint density at radius 2 is 1.40 bits per heavy atom. The van der Waals surface area contributed by atoms with E-state index in [9.17, 15) is 0 Å². The van der Waals surface area contributed by atoms with Crippen molar-refractivity contribution in [2.24, 2.45) is 7.05 Å². The monoisotopic (exact) mass is 719 g/mol. The van der Waals surface area contributed by atoms with Crippen LogP contribution in [0.25, 0.3) is 72.3 Å². The van der Waals surface area contributed by atoms with Crippen LogP contribution in [0.4, 0.5) is 0 Å². The molecule has 4 nitrogen and oxygen atoms in total. The molecule has 3 aromatic heterocycles. The SMILES string of the molecule is Cn1c(-c2[c-]c3c(cc2)c2ccccc2n3-c2[c-]c(-c3cc(-c4ccccc4)ccn3)ccc2)nc2ccccc21.[Pt+2]. The Balaban J connectivity index is 0.00000288. The molecule has 0 unspecified atom stereocenters. The van der Waals surface area contributed by atoms with Crippen LogP contribution < -0.4 is 0 Å². The summed E-state index contributed by atoms with van der Waals surface area (Å²) in [5, 5.41) is 2.32. The van der Waals surface area contributed by atoms with E-state index in [0.29, 0.717) is 0 Å². The number of nitrogens with zero attached hydrogens (tertiary/aromatic N) is 4. The Bertz CT molecular complexity index is 2230. The van der Waals surface area contributed by atoms with Crippen molar-refractivity contribution in [2.75, 3.05) is 0 Å². The summed E-state index contributed by atoms with van der Waals surface area (Å²) in [7, 11) is 2.06. The van der Waals surface area contributed by atoms with Crippen LogP contribution in [0.5, 0.6) is 0 Å². The summed E-state index contributed by atoms with van der Waals surface area (Å²) in [6, 6.07) is 49.3. The van der Waals surface area contributed by atoms with Gasteiger partial charge in [0.15, 0.2) is 0 Å². The second kappa shape index (κ2) is 10.6. The second-order valence-corrected chi connectivity index (χ2v) is 10.2. The molecule has 5 aromatic carbocycles. The Labute approximate surface area is 258 Å². The van der Waals surface area contributed by atoms with Crippen molar-refractivity contribution >= 4 is 32.8 Å². The molecule has 0 aliphatic carbocycles. The third-order valence-electron chi connectivity index (χ3n) is 7.78. The second-order valence-electron chi connectivity index (χ2n) is 10.2. The molecule has 0 spiro atoms. The number of pyridine rings is 1. The Hall–Kier alpha value is -4.79. The predicted octanol–water partition coefficient (Wildman–Crippen LogP) is 8.66. The number of hydrogen-bond donors (Lipinski definition) is 0. The molecular weight excluding hydrogens is 696 g/mol. The maximum atomic E-state index is 4.94. The van der Waals surface area contributed by atoms with Gasteiger partial charge in [-0.1, -0.05) is 72.1 Å². The van der Waals surface area contributed by atoms with Gasteiger partial charge in [-0.3, -0.25) is 4.98 Å². The van der Waals surface area contributed by atoms with E-state index in [1.54, 1.807) is 0 Å². The molecule has 42 heavy (non-hydrogen) atoms. The van der Waals surface area contributed by atoms with Crippen molar-refractivity contribution < 1.29 is 21.1 Å². The van der Waals surface area contributed by atoms with E-state index in [1.807, 2.05) is 30.5 Å². The molecule has 0 radical (unpaired) electrons. The summed E-state index contributed by atoms with van der Waals surface area (Å²) < 4.78 is 4.39. The van der Waals surface area contributed by atoms with Crippen LogP contribution in [0, 0.1) is 12.1 Å². The van der Waals surface area contributed by atoms with Crippen molar-refractivity contribution in [1.29, 1.82) is 0 Å². The summed E-state index contributed by atoms with van der Waals surface area (Å²) in [4.78, 5) is 9.65. The van der Waals surface area contributed by atoms with Crippen LogP contribution in [0.15, 0.2) is 128 Å². The Morgan fingerprint density at radius 1 is 0.619 bits per heavy atom. The predicted molar refractivity (Wildman–Crippen MR) is 167 cm³/mol. The number of hydrogen-bond acceptors (Lipinski definition) is 2. The van der Waals surface area contributed by atoms with E-state index in [-0.39, 0.29) is 21.1 Å². The standard InChI is InChI=1S/C37H24N4.Pt/c1-40-35-17-8-6-15-32(35)39-37(40)28-18-19-31-30-14-5-7-16-34(30)41(36(31)24-28)29-13-9-12-27(22-29)33-23-26(20-21-38-33)25-10-3-2-4-11-25;/h2-21,23H,1H3;/q-2;+2. The summed E-state index contributed by atoms with van der Waals surface area (Å²) >= 11 is 0. The zero-order valence-electron chi connectivity index (χ0n) is 22.7. The fourth-order valence-corrected chi connectivity index (χ4v) is 5.78. The van der Waals surface area contributed by atoms with Crippen LogP contribution in [-0.4, -0.2) is 19.1 Å². The van der Waals surface area contributed by atoms with E-state index in [0.717, 1.165) is 61.3 Å². The van der Waals surface area contributed by atoms with Gasteiger partial charge in [-0.2, -0.15) is 0 Å². The van der Waals surface area contributed by atoms with Crippen LogP contribution in [0.1, 0.15) is 0 Å². The molecule has 0 amide bonds. The number of benzene rings is 5. The van der Waals surface area contributed by atoms with E-state index in [1.165, 1.54) is 10.9 Å². The first-order valence-corrected chi connectivity index (χ1v) is 13.7. The number of aromatic nitrogens is 4. The van der Waals surface area contributed by atoms with Crippen molar-refractivity contribution in [2.45, 2.75) is 0 Å². The minimum Gasteiger partial charge on any atom is -0.367 e. The normalized spacial score (nSPS) is 11.3.